The van der Waals surface area contributed by atoms with Crippen molar-refractivity contribution in [2.75, 3.05) is 23.4 Å². The average Bonchev–Trinajstić information content (AvgIpc) is 2.96. The highest BCUT2D eigenvalue weighted by Crippen LogP contribution is 2.21. The van der Waals surface area contributed by atoms with E-state index in [2.05, 4.69) is 28.2 Å². The molecular formula is C17H23N3O3S. The number of amides is 2. The van der Waals surface area contributed by atoms with Gasteiger partial charge >= 0.3 is 6.03 Å². The summed E-state index contributed by atoms with van der Waals surface area (Å²) in [6, 6.07) is 7.64. The van der Waals surface area contributed by atoms with Crippen molar-refractivity contribution in [2.45, 2.75) is 26.3 Å². The molecule has 6 nitrogen and oxygen atoms in total. The number of carbonyl (C=O) groups excluding carboxylic acids is 1. The van der Waals surface area contributed by atoms with Gasteiger partial charge in [-0.3, -0.25) is 0 Å². The molecule has 2 N–H and O–H groups in total. The van der Waals surface area contributed by atoms with E-state index in [4.69, 9.17) is 0 Å². The molecule has 2 heterocycles. The van der Waals surface area contributed by atoms with Gasteiger partial charge < -0.3 is 15.2 Å². The Bertz CT molecular complexity index is 828. The van der Waals surface area contributed by atoms with E-state index < -0.39 is 9.84 Å². The molecule has 1 aromatic heterocycles. The lowest BCUT2D eigenvalue weighted by Crippen LogP contribution is -2.36. The fourth-order valence-corrected chi connectivity index (χ4v) is 4.68. The van der Waals surface area contributed by atoms with Crippen LogP contribution in [0.25, 0.3) is 10.9 Å². The molecule has 0 atom stereocenters. The summed E-state index contributed by atoms with van der Waals surface area (Å²) in [7, 11) is -2.86. The average molecular weight is 349 g/mol. The van der Waals surface area contributed by atoms with Crippen LogP contribution in [0.1, 0.15) is 19.8 Å². The summed E-state index contributed by atoms with van der Waals surface area (Å²) in [5.41, 5.74) is 1.84. The molecule has 0 bridgehead atoms. The van der Waals surface area contributed by atoms with Gasteiger partial charge in [0, 0.05) is 25.0 Å². The van der Waals surface area contributed by atoms with Crippen LogP contribution in [0.3, 0.4) is 0 Å². The molecule has 0 spiro atoms. The lowest BCUT2D eigenvalue weighted by Gasteiger charge is -2.22. The molecule has 1 saturated heterocycles. The third kappa shape index (κ3) is 3.90. The van der Waals surface area contributed by atoms with Gasteiger partial charge in [-0.05, 0) is 49.3 Å². The molecule has 1 aliphatic rings. The summed E-state index contributed by atoms with van der Waals surface area (Å²) < 4.78 is 24.9. The van der Waals surface area contributed by atoms with Crippen LogP contribution >= 0.6 is 0 Å². The number of sulfone groups is 1. The second kappa shape index (κ2) is 6.84. The van der Waals surface area contributed by atoms with Gasteiger partial charge in [-0.2, -0.15) is 0 Å². The summed E-state index contributed by atoms with van der Waals surface area (Å²) in [6.07, 6.45) is 3.28. The number of urea groups is 1. The van der Waals surface area contributed by atoms with Crippen LogP contribution in [0.15, 0.2) is 30.5 Å². The SMILES string of the molecule is CCn1ccc2ccc(NC(=O)NCC3CCS(=O)(=O)CC3)cc21. The normalized spacial score (nSPS) is 17.7. The van der Waals surface area contributed by atoms with Crippen LogP contribution in [0.4, 0.5) is 10.5 Å². The van der Waals surface area contributed by atoms with E-state index in [0.717, 1.165) is 23.1 Å². The van der Waals surface area contributed by atoms with E-state index in [1.54, 1.807) is 0 Å². The Morgan fingerprint density at radius 2 is 2.00 bits per heavy atom. The summed E-state index contributed by atoms with van der Waals surface area (Å²) in [5, 5.41) is 6.84. The highest BCUT2D eigenvalue weighted by molar-refractivity contribution is 7.91. The molecule has 130 valence electrons. The number of hydrogen-bond donors (Lipinski definition) is 2. The monoisotopic (exact) mass is 349 g/mol. The van der Waals surface area contributed by atoms with Crippen molar-refractivity contribution in [3.8, 4) is 0 Å². The number of aromatic nitrogens is 1. The van der Waals surface area contributed by atoms with Crippen molar-refractivity contribution in [1.82, 2.24) is 9.88 Å². The molecule has 0 radical (unpaired) electrons. The smallest absolute Gasteiger partial charge is 0.319 e. The number of nitrogens with zero attached hydrogens (tertiary/aromatic N) is 1. The number of carbonyl (C=O) groups is 1. The standard InChI is InChI=1S/C17H23N3O3S/c1-2-20-8-5-14-3-4-15(11-16(14)20)19-17(21)18-12-13-6-9-24(22,23)10-7-13/h3-5,8,11,13H,2,6-7,9-10,12H2,1H3,(H2,18,19,21). The maximum atomic E-state index is 12.1. The molecule has 2 amide bonds. The Morgan fingerprint density at radius 3 is 2.71 bits per heavy atom. The zero-order valence-electron chi connectivity index (χ0n) is 13.8. The van der Waals surface area contributed by atoms with Gasteiger partial charge in [-0.25, -0.2) is 13.2 Å². The minimum Gasteiger partial charge on any atom is -0.348 e. The van der Waals surface area contributed by atoms with Crippen molar-refractivity contribution < 1.29 is 13.2 Å². The largest absolute Gasteiger partial charge is 0.348 e. The molecule has 1 fully saturated rings. The second-order valence-electron chi connectivity index (χ2n) is 6.31. The van der Waals surface area contributed by atoms with Crippen LogP contribution in [-0.4, -0.2) is 37.1 Å². The third-order valence-corrected chi connectivity index (χ3v) is 6.31. The minimum atomic E-state index is -2.86. The first kappa shape index (κ1) is 16.8. The number of nitrogens with one attached hydrogen (secondary N) is 2. The first-order valence-corrected chi connectivity index (χ1v) is 10.1. The van der Waals surface area contributed by atoms with E-state index in [9.17, 15) is 13.2 Å². The summed E-state index contributed by atoms with van der Waals surface area (Å²) >= 11 is 0. The van der Waals surface area contributed by atoms with Crippen LogP contribution in [0, 0.1) is 5.92 Å². The molecular weight excluding hydrogens is 326 g/mol. The van der Waals surface area contributed by atoms with Crippen molar-refractivity contribution in [2.24, 2.45) is 5.92 Å². The van der Waals surface area contributed by atoms with Gasteiger partial charge in [-0.1, -0.05) is 6.07 Å². The number of fused-ring (bicyclic) bond motifs is 1. The zero-order chi connectivity index (χ0) is 17.2. The van der Waals surface area contributed by atoms with Crippen LogP contribution in [0.2, 0.25) is 0 Å². The van der Waals surface area contributed by atoms with E-state index in [-0.39, 0.29) is 23.5 Å². The maximum Gasteiger partial charge on any atom is 0.319 e. The van der Waals surface area contributed by atoms with Gasteiger partial charge in [0.25, 0.3) is 0 Å². The Balaban J connectivity index is 1.55. The number of anilines is 1. The first-order chi connectivity index (χ1) is 11.5. The van der Waals surface area contributed by atoms with Gasteiger partial charge in [0.05, 0.1) is 17.0 Å². The fourth-order valence-electron chi connectivity index (χ4n) is 3.09. The molecule has 1 aromatic carbocycles. The van der Waals surface area contributed by atoms with Gasteiger partial charge in [0.1, 0.15) is 9.84 Å². The Kier molecular flexibility index (Phi) is 4.80. The molecule has 0 aliphatic carbocycles. The molecule has 7 heteroatoms. The Labute approximate surface area is 142 Å². The number of hydrogen-bond acceptors (Lipinski definition) is 3. The highest BCUT2D eigenvalue weighted by Gasteiger charge is 2.23. The van der Waals surface area contributed by atoms with E-state index in [1.165, 1.54) is 0 Å². The van der Waals surface area contributed by atoms with Crippen molar-refractivity contribution in [3.05, 3.63) is 30.5 Å². The molecule has 24 heavy (non-hydrogen) atoms. The first-order valence-electron chi connectivity index (χ1n) is 8.31. The van der Waals surface area contributed by atoms with Crippen LogP contribution < -0.4 is 10.6 Å². The van der Waals surface area contributed by atoms with Crippen LogP contribution in [-0.2, 0) is 16.4 Å². The van der Waals surface area contributed by atoms with E-state index >= 15 is 0 Å². The zero-order valence-corrected chi connectivity index (χ0v) is 14.6. The topological polar surface area (TPSA) is 80.2 Å². The van der Waals surface area contributed by atoms with E-state index in [0.29, 0.717) is 19.4 Å². The van der Waals surface area contributed by atoms with Crippen molar-refractivity contribution >= 4 is 32.5 Å². The third-order valence-electron chi connectivity index (χ3n) is 4.60. The maximum absolute atomic E-state index is 12.1. The van der Waals surface area contributed by atoms with Crippen molar-refractivity contribution in [3.63, 3.8) is 0 Å². The lowest BCUT2D eigenvalue weighted by atomic mass is 10.0. The summed E-state index contributed by atoms with van der Waals surface area (Å²) in [6.45, 7) is 3.47. The Morgan fingerprint density at radius 1 is 1.25 bits per heavy atom. The number of rotatable bonds is 4. The predicted molar refractivity (Wildman–Crippen MR) is 96.0 cm³/mol. The number of aryl methyl sites for hydroxylation is 1. The van der Waals surface area contributed by atoms with Crippen molar-refractivity contribution in [1.29, 1.82) is 0 Å². The van der Waals surface area contributed by atoms with Crippen LogP contribution in [0.5, 0.6) is 0 Å². The lowest BCUT2D eigenvalue weighted by molar-refractivity contribution is 0.249. The predicted octanol–water partition coefficient (Wildman–Crippen LogP) is 2.61. The second-order valence-corrected chi connectivity index (χ2v) is 8.61. The summed E-state index contributed by atoms with van der Waals surface area (Å²) in [4.78, 5) is 12.1. The van der Waals surface area contributed by atoms with E-state index in [1.807, 2.05) is 24.4 Å². The summed E-state index contributed by atoms with van der Waals surface area (Å²) in [5.74, 6) is 0.691. The minimum absolute atomic E-state index is 0.228. The van der Waals surface area contributed by atoms with Gasteiger partial charge in [0.2, 0.25) is 0 Å². The molecule has 1 aliphatic heterocycles. The number of benzene rings is 1. The fraction of sp³-hybridized carbons (Fsp3) is 0.471. The molecule has 2 aromatic rings. The quantitative estimate of drug-likeness (QED) is 0.890. The highest BCUT2D eigenvalue weighted by atomic mass is 32.2. The molecule has 3 rings (SSSR count). The van der Waals surface area contributed by atoms with Gasteiger partial charge in [-0.15, -0.1) is 0 Å². The van der Waals surface area contributed by atoms with Gasteiger partial charge in [0.15, 0.2) is 0 Å². The molecule has 0 saturated carbocycles. The Hall–Kier alpha value is -2.02. The molecule has 0 unspecified atom stereocenters.